The van der Waals surface area contributed by atoms with Gasteiger partial charge in [-0.3, -0.25) is 0 Å². The second kappa shape index (κ2) is 10.4. The van der Waals surface area contributed by atoms with Crippen LogP contribution in [0.4, 0.5) is 0 Å². The van der Waals surface area contributed by atoms with Crippen LogP contribution < -0.4 is 5.73 Å². The lowest BCUT2D eigenvalue weighted by atomic mass is 9.88. The molecule has 1 atom stereocenters. The molecule has 108 valence electrons. The topological polar surface area (TPSA) is 58.6 Å². The Morgan fingerprint density at radius 1 is 1.11 bits per heavy atom. The monoisotopic (exact) mass is 256 g/mol. The molecule has 0 aromatic rings. The van der Waals surface area contributed by atoms with Crippen molar-refractivity contribution < 1.29 is 5.21 Å². The van der Waals surface area contributed by atoms with Crippen molar-refractivity contribution in [3.05, 3.63) is 0 Å². The van der Waals surface area contributed by atoms with Crippen molar-refractivity contribution >= 4 is 6.21 Å². The fourth-order valence-electron chi connectivity index (χ4n) is 2.12. The molecule has 0 aromatic carbocycles. The van der Waals surface area contributed by atoms with Crippen LogP contribution in [0.15, 0.2) is 5.16 Å². The van der Waals surface area contributed by atoms with Crippen LogP contribution in [0.5, 0.6) is 0 Å². The second-order valence-corrected chi connectivity index (χ2v) is 6.06. The van der Waals surface area contributed by atoms with Crippen molar-refractivity contribution in [1.29, 1.82) is 0 Å². The Bertz CT molecular complexity index is 215. The summed E-state index contributed by atoms with van der Waals surface area (Å²) >= 11 is 0. The van der Waals surface area contributed by atoms with Gasteiger partial charge in [-0.1, -0.05) is 59.3 Å². The van der Waals surface area contributed by atoms with Crippen LogP contribution in [0.25, 0.3) is 0 Å². The Morgan fingerprint density at radius 2 is 1.67 bits per heavy atom. The molecule has 0 aliphatic heterocycles. The van der Waals surface area contributed by atoms with Crippen LogP contribution in [0, 0.1) is 5.41 Å². The number of hydrogen-bond acceptors (Lipinski definition) is 3. The van der Waals surface area contributed by atoms with E-state index in [1.165, 1.54) is 44.9 Å². The fraction of sp³-hybridized carbons (Fsp3) is 0.933. The van der Waals surface area contributed by atoms with E-state index in [4.69, 9.17) is 10.9 Å². The fourth-order valence-corrected chi connectivity index (χ4v) is 2.12. The predicted octanol–water partition coefficient (Wildman–Crippen LogP) is 4.33. The zero-order valence-corrected chi connectivity index (χ0v) is 12.5. The van der Waals surface area contributed by atoms with Crippen molar-refractivity contribution in [3.8, 4) is 0 Å². The van der Waals surface area contributed by atoms with Gasteiger partial charge >= 0.3 is 0 Å². The van der Waals surface area contributed by atoms with E-state index >= 15 is 0 Å². The number of nitrogens with two attached hydrogens (primary N) is 1. The Balaban J connectivity index is 3.31. The number of rotatable bonds is 11. The van der Waals surface area contributed by atoms with E-state index < -0.39 is 0 Å². The van der Waals surface area contributed by atoms with Gasteiger partial charge in [0.2, 0.25) is 0 Å². The van der Waals surface area contributed by atoms with E-state index in [9.17, 15) is 0 Å². The molecule has 0 aromatic heterocycles. The summed E-state index contributed by atoms with van der Waals surface area (Å²) < 4.78 is 0. The molecule has 0 aliphatic rings. The first-order chi connectivity index (χ1) is 8.52. The average Bonchev–Trinajstić information content (AvgIpc) is 2.32. The molecule has 0 rings (SSSR count). The molecule has 0 saturated heterocycles. The summed E-state index contributed by atoms with van der Waals surface area (Å²) in [6, 6.07) is 0.406. The SMILES string of the molecule is CCC(N)CCCCCCCCC(C)(C)C=NO. The van der Waals surface area contributed by atoms with Gasteiger partial charge in [0, 0.05) is 17.7 Å². The lowest BCUT2D eigenvalue weighted by molar-refractivity contribution is 0.310. The third-order valence-corrected chi connectivity index (χ3v) is 3.58. The normalized spacial score (nSPS) is 14.2. The Labute approximate surface area is 113 Å². The first kappa shape index (κ1) is 17.4. The zero-order valence-electron chi connectivity index (χ0n) is 12.5. The van der Waals surface area contributed by atoms with Gasteiger partial charge in [0.05, 0.1) is 0 Å². The molecule has 0 radical (unpaired) electrons. The lowest BCUT2D eigenvalue weighted by Crippen LogP contribution is -2.17. The van der Waals surface area contributed by atoms with Gasteiger partial charge in [-0.25, -0.2) is 0 Å². The second-order valence-electron chi connectivity index (χ2n) is 6.06. The lowest BCUT2D eigenvalue weighted by Gasteiger charge is -2.17. The third kappa shape index (κ3) is 10.6. The summed E-state index contributed by atoms with van der Waals surface area (Å²) in [5.41, 5.74) is 5.91. The molecule has 0 bridgehead atoms. The number of hydrogen-bond donors (Lipinski definition) is 2. The summed E-state index contributed by atoms with van der Waals surface area (Å²) in [5.74, 6) is 0. The molecule has 3 heteroatoms. The highest BCUT2D eigenvalue weighted by Crippen LogP contribution is 2.21. The van der Waals surface area contributed by atoms with Gasteiger partial charge in [-0.2, -0.15) is 0 Å². The molecule has 3 nitrogen and oxygen atoms in total. The summed E-state index contributed by atoms with van der Waals surface area (Å²) in [6.45, 7) is 6.37. The summed E-state index contributed by atoms with van der Waals surface area (Å²) in [5, 5.41) is 11.7. The highest BCUT2D eigenvalue weighted by molar-refractivity contribution is 5.63. The molecule has 3 N–H and O–H groups in total. The highest BCUT2D eigenvalue weighted by Gasteiger charge is 2.14. The Morgan fingerprint density at radius 3 is 2.22 bits per heavy atom. The van der Waals surface area contributed by atoms with Gasteiger partial charge in [0.15, 0.2) is 0 Å². The van der Waals surface area contributed by atoms with Crippen LogP contribution >= 0.6 is 0 Å². The van der Waals surface area contributed by atoms with E-state index in [1.54, 1.807) is 6.21 Å². The zero-order chi connectivity index (χ0) is 13.9. The quantitative estimate of drug-likeness (QED) is 0.250. The van der Waals surface area contributed by atoms with E-state index in [2.05, 4.69) is 25.9 Å². The van der Waals surface area contributed by atoms with Crippen LogP contribution in [-0.4, -0.2) is 17.5 Å². The van der Waals surface area contributed by atoms with E-state index in [1.807, 2.05) is 0 Å². The van der Waals surface area contributed by atoms with Gasteiger partial charge in [-0.15, -0.1) is 5.16 Å². The average molecular weight is 256 g/mol. The maximum atomic E-state index is 8.53. The summed E-state index contributed by atoms with van der Waals surface area (Å²) in [4.78, 5) is 0. The molecule has 18 heavy (non-hydrogen) atoms. The van der Waals surface area contributed by atoms with E-state index in [0.29, 0.717) is 6.04 Å². The molecule has 1 unspecified atom stereocenters. The van der Waals surface area contributed by atoms with Crippen molar-refractivity contribution in [2.45, 2.75) is 84.6 Å². The minimum atomic E-state index is 0.0304. The molecular formula is C15H32N2O. The minimum absolute atomic E-state index is 0.0304. The van der Waals surface area contributed by atoms with Crippen molar-refractivity contribution in [3.63, 3.8) is 0 Å². The van der Waals surface area contributed by atoms with Crippen LogP contribution in [-0.2, 0) is 0 Å². The largest absolute Gasteiger partial charge is 0.411 e. The molecular weight excluding hydrogens is 224 g/mol. The smallest absolute Gasteiger partial charge is 0.0492 e. The van der Waals surface area contributed by atoms with Crippen LogP contribution in [0.2, 0.25) is 0 Å². The van der Waals surface area contributed by atoms with Crippen LogP contribution in [0.1, 0.15) is 78.6 Å². The molecule has 0 fully saturated rings. The van der Waals surface area contributed by atoms with E-state index in [0.717, 1.165) is 12.8 Å². The van der Waals surface area contributed by atoms with Gasteiger partial charge in [0.25, 0.3) is 0 Å². The summed E-state index contributed by atoms with van der Waals surface area (Å²) in [6.07, 6.45) is 12.7. The van der Waals surface area contributed by atoms with Gasteiger partial charge < -0.3 is 10.9 Å². The van der Waals surface area contributed by atoms with Gasteiger partial charge in [-0.05, 0) is 19.3 Å². The third-order valence-electron chi connectivity index (χ3n) is 3.58. The molecule has 0 heterocycles. The number of nitrogens with zero attached hydrogens (tertiary/aromatic N) is 1. The Hall–Kier alpha value is -0.570. The maximum Gasteiger partial charge on any atom is 0.0492 e. The minimum Gasteiger partial charge on any atom is -0.411 e. The standard InChI is InChI=1S/C15H32N2O/c1-4-14(16)11-9-7-5-6-8-10-12-15(2,3)13-17-18/h13-14,18H,4-12,16H2,1-3H3. The van der Waals surface area contributed by atoms with Crippen molar-refractivity contribution in [2.75, 3.05) is 0 Å². The molecule has 0 aliphatic carbocycles. The highest BCUT2D eigenvalue weighted by atomic mass is 16.4. The predicted molar refractivity (Wildman–Crippen MR) is 79.3 cm³/mol. The van der Waals surface area contributed by atoms with E-state index in [-0.39, 0.29) is 5.41 Å². The molecule has 0 amide bonds. The molecule has 0 spiro atoms. The number of unbranched alkanes of at least 4 members (excludes halogenated alkanes) is 5. The van der Waals surface area contributed by atoms with Crippen molar-refractivity contribution in [1.82, 2.24) is 0 Å². The first-order valence-electron chi connectivity index (χ1n) is 7.46. The van der Waals surface area contributed by atoms with Crippen molar-refractivity contribution in [2.24, 2.45) is 16.3 Å². The first-order valence-corrected chi connectivity index (χ1v) is 7.46. The molecule has 0 saturated carbocycles. The number of oxime groups is 1. The Kier molecular flexibility index (Phi) is 10.0. The van der Waals surface area contributed by atoms with Gasteiger partial charge in [0.1, 0.15) is 0 Å². The van der Waals surface area contributed by atoms with Crippen LogP contribution in [0.3, 0.4) is 0 Å². The maximum absolute atomic E-state index is 8.53. The summed E-state index contributed by atoms with van der Waals surface area (Å²) in [7, 11) is 0.